The lowest BCUT2D eigenvalue weighted by Gasteiger charge is -2.07. The van der Waals surface area contributed by atoms with Crippen molar-refractivity contribution in [3.05, 3.63) is 52.0 Å². The second kappa shape index (κ2) is 7.72. The summed E-state index contributed by atoms with van der Waals surface area (Å²) in [6, 6.07) is 12.2. The van der Waals surface area contributed by atoms with Gasteiger partial charge in [0.25, 0.3) is 0 Å². The second-order valence-electron chi connectivity index (χ2n) is 4.79. The minimum atomic E-state index is 0.469. The van der Waals surface area contributed by atoms with E-state index in [4.69, 9.17) is 23.2 Å². The average Bonchev–Trinajstić information content (AvgIpc) is 2.49. The van der Waals surface area contributed by atoms with Gasteiger partial charge < -0.3 is 0 Å². The topological polar surface area (TPSA) is 12.4 Å². The van der Waals surface area contributed by atoms with Crippen molar-refractivity contribution in [1.82, 2.24) is 0 Å². The number of hydrogen-bond acceptors (Lipinski definition) is 2. The van der Waals surface area contributed by atoms with E-state index in [2.05, 4.69) is 53.6 Å². The van der Waals surface area contributed by atoms with Crippen molar-refractivity contribution >= 4 is 46.3 Å². The molecule has 0 aromatic heterocycles. The molecule has 0 unspecified atom stereocenters. The second-order valence-corrected chi connectivity index (χ2v) is 5.79. The Kier molecular flexibility index (Phi) is 5.96. The van der Waals surface area contributed by atoms with Gasteiger partial charge in [-0.3, -0.25) is 0 Å². The van der Waals surface area contributed by atoms with Gasteiger partial charge in [0.15, 0.2) is 0 Å². The molecule has 0 bridgehead atoms. The molecule has 0 N–H and O–H groups in total. The molecule has 108 valence electrons. The van der Waals surface area contributed by atoms with Crippen LogP contribution in [0.4, 0.5) is 5.69 Å². The summed E-state index contributed by atoms with van der Waals surface area (Å²) in [5, 5.41) is 3.24. The Morgan fingerprint density at radius 1 is 1.05 bits per heavy atom. The number of halogens is 2. The Balaban J connectivity index is 2.32. The first-order valence-electron chi connectivity index (χ1n) is 6.82. The van der Waals surface area contributed by atoms with Gasteiger partial charge in [0.2, 0.25) is 0 Å². The zero-order chi connectivity index (χ0) is 15.2. The van der Waals surface area contributed by atoms with E-state index in [0.717, 1.165) is 17.5 Å². The minimum absolute atomic E-state index is 0.469. The Bertz CT molecular complexity index is 651. The lowest BCUT2D eigenvalue weighted by atomic mass is 10.0. The molecule has 0 aliphatic rings. The highest BCUT2D eigenvalue weighted by molar-refractivity contribution is 7.78. The molecule has 1 nitrogen and oxygen atoms in total. The summed E-state index contributed by atoms with van der Waals surface area (Å²) in [7, 11) is 0. The fraction of sp³-hybridized carbons (Fsp3) is 0.235. The van der Waals surface area contributed by atoms with Crippen molar-refractivity contribution in [2.45, 2.75) is 26.2 Å². The van der Waals surface area contributed by atoms with Crippen LogP contribution >= 0.6 is 35.4 Å². The van der Waals surface area contributed by atoms with E-state index in [1.54, 1.807) is 0 Å². The van der Waals surface area contributed by atoms with Crippen LogP contribution in [0.15, 0.2) is 41.4 Å². The van der Waals surface area contributed by atoms with Crippen molar-refractivity contribution in [2.24, 2.45) is 4.99 Å². The van der Waals surface area contributed by atoms with Crippen LogP contribution in [0.1, 0.15) is 25.3 Å². The fourth-order valence-electron chi connectivity index (χ4n) is 2.13. The molecule has 0 saturated heterocycles. The normalized spacial score (nSPS) is 10.2. The zero-order valence-corrected chi connectivity index (χ0v) is 14.0. The molecule has 21 heavy (non-hydrogen) atoms. The smallest absolute Gasteiger partial charge is 0.111 e. The number of benzene rings is 2. The summed E-state index contributed by atoms with van der Waals surface area (Å²) in [5.41, 5.74) is 3.86. The maximum Gasteiger partial charge on any atom is 0.111 e. The number of aliphatic imine (C=N–C) groups is 1. The van der Waals surface area contributed by atoms with Crippen LogP contribution in [0.25, 0.3) is 11.1 Å². The standard InChI is InChI=1S/C17H15Cl2NS/c1-2-3-4-12-5-7-13(8-6-12)14-9-15(18)17(20-11-21)16(19)10-14/h5-10H,2-4H2,1H3. The van der Waals surface area contributed by atoms with Crippen molar-refractivity contribution in [2.75, 3.05) is 0 Å². The number of aryl methyl sites for hydroxylation is 1. The number of unbranched alkanes of at least 4 members (excludes halogenated alkanes) is 1. The Morgan fingerprint density at radius 2 is 1.67 bits per heavy atom. The zero-order valence-electron chi connectivity index (χ0n) is 11.7. The maximum atomic E-state index is 6.20. The molecule has 2 aromatic rings. The molecule has 0 atom stereocenters. The van der Waals surface area contributed by atoms with Crippen LogP contribution in [0.2, 0.25) is 10.0 Å². The maximum absolute atomic E-state index is 6.20. The van der Waals surface area contributed by atoms with Crippen LogP contribution in [0.3, 0.4) is 0 Å². The van der Waals surface area contributed by atoms with E-state index < -0.39 is 0 Å². The molecule has 0 aliphatic heterocycles. The highest BCUT2D eigenvalue weighted by Crippen LogP contribution is 2.37. The summed E-state index contributed by atoms with van der Waals surface area (Å²) >= 11 is 17.0. The van der Waals surface area contributed by atoms with E-state index in [1.165, 1.54) is 18.4 Å². The van der Waals surface area contributed by atoms with Gasteiger partial charge in [-0.2, -0.15) is 4.99 Å². The van der Waals surface area contributed by atoms with E-state index in [1.807, 2.05) is 12.1 Å². The summed E-state index contributed by atoms with van der Waals surface area (Å²) in [6.07, 6.45) is 3.52. The molecule has 0 fully saturated rings. The molecule has 2 rings (SSSR count). The highest BCUT2D eigenvalue weighted by atomic mass is 35.5. The summed E-state index contributed by atoms with van der Waals surface area (Å²) in [4.78, 5) is 3.89. The van der Waals surface area contributed by atoms with Gasteiger partial charge in [0.1, 0.15) is 5.69 Å². The van der Waals surface area contributed by atoms with Crippen LogP contribution in [-0.4, -0.2) is 5.16 Å². The monoisotopic (exact) mass is 335 g/mol. The minimum Gasteiger partial charge on any atom is -0.192 e. The number of nitrogens with zero attached hydrogens (tertiary/aromatic N) is 1. The van der Waals surface area contributed by atoms with Crippen molar-refractivity contribution in [3.8, 4) is 11.1 Å². The number of isothiocyanates is 1. The first-order chi connectivity index (χ1) is 10.2. The van der Waals surface area contributed by atoms with Crippen LogP contribution in [0, 0.1) is 0 Å². The number of thiocarbonyl (C=S) groups is 1. The third-order valence-corrected chi connectivity index (χ3v) is 3.95. The first kappa shape index (κ1) is 16.2. The van der Waals surface area contributed by atoms with Gasteiger partial charge in [-0.05, 0) is 53.9 Å². The first-order valence-corrected chi connectivity index (χ1v) is 7.98. The molecule has 0 radical (unpaired) electrons. The molecular weight excluding hydrogens is 321 g/mol. The lowest BCUT2D eigenvalue weighted by Crippen LogP contribution is -1.85. The van der Waals surface area contributed by atoms with Crippen LogP contribution in [-0.2, 0) is 6.42 Å². The average molecular weight is 336 g/mol. The largest absolute Gasteiger partial charge is 0.192 e. The molecular formula is C17H15Cl2NS. The van der Waals surface area contributed by atoms with Gasteiger partial charge in [0.05, 0.1) is 15.2 Å². The van der Waals surface area contributed by atoms with Gasteiger partial charge in [0, 0.05) is 0 Å². The van der Waals surface area contributed by atoms with E-state index in [-0.39, 0.29) is 0 Å². The van der Waals surface area contributed by atoms with E-state index in [0.29, 0.717) is 15.7 Å². The molecule has 0 aliphatic carbocycles. The SMILES string of the molecule is CCCCc1ccc(-c2cc(Cl)c(N=C=S)c(Cl)c2)cc1. The van der Waals surface area contributed by atoms with Crippen molar-refractivity contribution in [1.29, 1.82) is 0 Å². The Morgan fingerprint density at radius 3 is 2.19 bits per heavy atom. The van der Waals surface area contributed by atoms with Gasteiger partial charge in [-0.1, -0.05) is 60.8 Å². The van der Waals surface area contributed by atoms with Crippen LogP contribution < -0.4 is 0 Å². The van der Waals surface area contributed by atoms with E-state index in [9.17, 15) is 0 Å². The summed E-state index contributed by atoms with van der Waals surface area (Å²) in [6.45, 7) is 2.20. The van der Waals surface area contributed by atoms with Crippen molar-refractivity contribution in [3.63, 3.8) is 0 Å². The third-order valence-electron chi connectivity index (χ3n) is 3.28. The predicted molar refractivity (Wildman–Crippen MR) is 95.2 cm³/mol. The Hall–Kier alpha value is -1.18. The molecule has 4 heteroatoms. The summed E-state index contributed by atoms with van der Waals surface area (Å²) in [5.74, 6) is 0. The molecule has 0 amide bonds. The van der Waals surface area contributed by atoms with Gasteiger partial charge in [-0.15, -0.1) is 0 Å². The quantitative estimate of drug-likeness (QED) is 0.435. The summed E-state index contributed by atoms with van der Waals surface area (Å²) < 4.78 is 0. The lowest BCUT2D eigenvalue weighted by molar-refractivity contribution is 0.795. The van der Waals surface area contributed by atoms with E-state index >= 15 is 0 Å². The predicted octanol–water partition coefficient (Wildman–Crippen LogP) is 6.74. The van der Waals surface area contributed by atoms with Crippen molar-refractivity contribution < 1.29 is 0 Å². The third kappa shape index (κ3) is 4.15. The molecule has 0 saturated carbocycles. The number of hydrogen-bond donors (Lipinski definition) is 0. The molecule has 0 heterocycles. The number of rotatable bonds is 5. The highest BCUT2D eigenvalue weighted by Gasteiger charge is 2.08. The van der Waals surface area contributed by atoms with Gasteiger partial charge in [-0.25, -0.2) is 0 Å². The van der Waals surface area contributed by atoms with Crippen LogP contribution in [0.5, 0.6) is 0 Å². The van der Waals surface area contributed by atoms with Gasteiger partial charge >= 0.3 is 0 Å². The fourth-order valence-corrected chi connectivity index (χ4v) is 2.79. The Labute approximate surface area is 140 Å². The molecule has 0 spiro atoms. The molecule has 2 aromatic carbocycles.